The molecule has 1 saturated carbocycles. The molecular weight excluding hydrogens is 336 g/mol. The Morgan fingerprint density at radius 3 is 2.48 bits per heavy atom. The molecule has 1 fully saturated rings. The largest absolute Gasteiger partial charge is 0.282 e. The van der Waals surface area contributed by atoms with E-state index in [0.717, 1.165) is 36.9 Å². The average Bonchev–Trinajstić information content (AvgIpc) is 3.11. The summed E-state index contributed by atoms with van der Waals surface area (Å²) in [4.78, 5) is 0. The first kappa shape index (κ1) is 18.1. The Balaban J connectivity index is 1.68. The fraction of sp³-hybridized carbons (Fsp3) is 0.500. The molecule has 25 heavy (non-hydrogen) atoms. The number of hydrogen-bond acceptors (Lipinski definition) is 3. The second-order valence-corrected chi connectivity index (χ2v) is 8.80. The molecule has 0 unspecified atom stereocenters. The SMILES string of the molecule is CN(Cc1cnn(-c2ccccc2)c1)S(=O)(=O)N(C)C1CCCCC1. The zero-order valence-electron chi connectivity index (χ0n) is 14.9. The average molecular weight is 362 g/mol. The number of para-hydroxylation sites is 1. The highest BCUT2D eigenvalue weighted by Crippen LogP contribution is 2.24. The monoisotopic (exact) mass is 362 g/mol. The lowest BCUT2D eigenvalue weighted by molar-refractivity contribution is 0.268. The van der Waals surface area contributed by atoms with Crippen LogP contribution in [0.15, 0.2) is 42.7 Å². The van der Waals surface area contributed by atoms with Crippen LogP contribution in [-0.2, 0) is 16.8 Å². The third-order valence-corrected chi connectivity index (χ3v) is 6.85. The van der Waals surface area contributed by atoms with Gasteiger partial charge in [-0.25, -0.2) is 4.68 Å². The summed E-state index contributed by atoms with van der Waals surface area (Å²) in [7, 11) is -0.126. The lowest BCUT2D eigenvalue weighted by Crippen LogP contribution is -2.45. The van der Waals surface area contributed by atoms with Gasteiger partial charge in [-0.05, 0) is 25.0 Å². The van der Waals surface area contributed by atoms with E-state index in [-0.39, 0.29) is 6.04 Å². The van der Waals surface area contributed by atoms with E-state index in [4.69, 9.17) is 0 Å². The van der Waals surface area contributed by atoms with Gasteiger partial charge in [-0.3, -0.25) is 0 Å². The second kappa shape index (κ2) is 7.68. The van der Waals surface area contributed by atoms with Crippen LogP contribution in [0, 0.1) is 0 Å². The summed E-state index contributed by atoms with van der Waals surface area (Å²) in [5.74, 6) is 0. The van der Waals surface area contributed by atoms with Gasteiger partial charge in [-0.15, -0.1) is 0 Å². The minimum atomic E-state index is -3.46. The molecule has 1 aliphatic rings. The summed E-state index contributed by atoms with van der Waals surface area (Å²) in [6, 6.07) is 9.91. The first-order valence-electron chi connectivity index (χ1n) is 8.77. The van der Waals surface area contributed by atoms with Gasteiger partial charge in [0.25, 0.3) is 10.2 Å². The van der Waals surface area contributed by atoms with Gasteiger partial charge in [0, 0.05) is 38.4 Å². The maximum atomic E-state index is 12.8. The third-order valence-electron chi connectivity index (χ3n) is 4.91. The molecule has 7 heteroatoms. The van der Waals surface area contributed by atoms with Gasteiger partial charge >= 0.3 is 0 Å². The topological polar surface area (TPSA) is 58.4 Å². The molecular formula is C18H26N4O2S. The standard InChI is InChI=1S/C18H26N4O2S/c1-20(25(23,24)21(2)17-9-5-3-6-10-17)14-16-13-19-22(15-16)18-11-7-4-8-12-18/h4,7-8,11-13,15,17H,3,5-6,9-10,14H2,1-2H3. The van der Waals surface area contributed by atoms with Crippen LogP contribution in [0.25, 0.3) is 5.69 Å². The number of aromatic nitrogens is 2. The smallest absolute Gasteiger partial charge is 0.241 e. The van der Waals surface area contributed by atoms with Crippen molar-refractivity contribution in [1.82, 2.24) is 18.4 Å². The molecule has 0 N–H and O–H groups in total. The zero-order valence-corrected chi connectivity index (χ0v) is 15.7. The summed E-state index contributed by atoms with van der Waals surface area (Å²) in [6.07, 6.45) is 8.93. The van der Waals surface area contributed by atoms with Crippen molar-refractivity contribution in [3.05, 3.63) is 48.3 Å². The Morgan fingerprint density at radius 1 is 1.12 bits per heavy atom. The predicted octanol–water partition coefficient (Wildman–Crippen LogP) is 2.81. The molecule has 2 aromatic rings. The molecule has 6 nitrogen and oxygen atoms in total. The molecule has 0 saturated heterocycles. The second-order valence-electron chi connectivity index (χ2n) is 6.70. The zero-order chi connectivity index (χ0) is 17.9. The highest BCUT2D eigenvalue weighted by molar-refractivity contribution is 7.86. The van der Waals surface area contributed by atoms with Crippen molar-refractivity contribution in [3.63, 3.8) is 0 Å². The van der Waals surface area contributed by atoms with Crippen LogP contribution in [0.1, 0.15) is 37.7 Å². The number of benzene rings is 1. The van der Waals surface area contributed by atoms with Gasteiger partial charge in [-0.1, -0.05) is 37.5 Å². The summed E-state index contributed by atoms with van der Waals surface area (Å²) >= 11 is 0. The van der Waals surface area contributed by atoms with Crippen LogP contribution >= 0.6 is 0 Å². The summed E-state index contributed by atoms with van der Waals surface area (Å²) < 4.78 is 30.4. The Labute approximate surface area is 150 Å². The highest BCUT2D eigenvalue weighted by Gasteiger charge is 2.30. The molecule has 0 aliphatic heterocycles. The number of nitrogens with zero attached hydrogens (tertiary/aromatic N) is 4. The van der Waals surface area contributed by atoms with E-state index in [1.54, 1.807) is 29.3 Å². The number of hydrogen-bond donors (Lipinski definition) is 0. The van der Waals surface area contributed by atoms with E-state index in [2.05, 4.69) is 5.10 Å². The number of rotatable bonds is 6. The van der Waals surface area contributed by atoms with Crippen molar-refractivity contribution in [3.8, 4) is 5.69 Å². The van der Waals surface area contributed by atoms with Gasteiger partial charge in [0.1, 0.15) is 0 Å². The molecule has 1 aliphatic carbocycles. The van der Waals surface area contributed by atoms with Crippen molar-refractivity contribution in [2.75, 3.05) is 14.1 Å². The minimum absolute atomic E-state index is 0.119. The molecule has 0 radical (unpaired) electrons. The highest BCUT2D eigenvalue weighted by atomic mass is 32.2. The van der Waals surface area contributed by atoms with Crippen LogP contribution < -0.4 is 0 Å². The van der Waals surface area contributed by atoms with Gasteiger partial charge in [0.05, 0.1) is 11.9 Å². The fourth-order valence-electron chi connectivity index (χ4n) is 3.36. The van der Waals surface area contributed by atoms with Gasteiger partial charge < -0.3 is 0 Å². The van der Waals surface area contributed by atoms with Crippen LogP contribution in [-0.4, -0.2) is 46.9 Å². The Kier molecular flexibility index (Phi) is 5.56. The first-order valence-corrected chi connectivity index (χ1v) is 10.2. The maximum Gasteiger partial charge on any atom is 0.282 e. The van der Waals surface area contributed by atoms with E-state index in [9.17, 15) is 8.42 Å². The fourth-order valence-corrected chi connectivity index (χ4v) is 4.69. The van der Waals surface area contributed by atoms with Crippen LogP contribution in [0.4, 0.5) is 0 Å². The van der Waals surface area contributed by atoms with Gasteiger partial charge in [0.15, 0.2) is 0 Å². The molecule has 1 aromatic carbocycles. The quantitative estimate of drug-likeness (QED) is 0.794. The molecule has 3 rings (SSSR count). The van der Waals surface area contributed by atoms with Gasteiger partial charge in [-0.2, -0.15) is 22.1 Å². The summed E-state index contributed by atoms with van der Waals surface area (Å²) in [5.41, 5.74) is 1.82. The van der Waals surface area contributed by atoms with Crippen LogP contribution in [0.5, 0.6) is 0 Å². The van der Waals surface area contributed by atoms with Crippen LogP contribution in [0.2, 0.25) is 0 Å². The van der Waals surface area contributed by atoms with E-state index in [1.165, 1.54) is 10.7 Å². The van der Waals surface area contributed by atoms with E-state index >= 15 is 0 Å². The van der Waals surface area contributed by atoms with E-state index < -0.39 is 10.2 Å². The molecule has 0 spiro atoms. The Hall–Kier alpha value is -1.70. The normalized spacial score (nSPS) is 16.6. The molecule has 0 amide bonds. The first-order chi connectivity index (χ1) is 12.0. The Bertz CT molecular complexity index is 782. The van der Waals surface area contributed by atoms with E-state index in [0.29, 0.717) is 6.54 Å². The molecule has 1 heterocycles. The molecule has 0 atom stereocenters. The van der Waals surface area contributed by atoms with Crippen molar-refractivity contribution < 1.29 is 8.42 Å². The molecule has 136 valence electrons. The minimum Gasteiger partial charge on any atom is -0.241 e. The lowest BCUT2D eigenvalue weighted by atomic mass is 9.96. The Morgan fingerprint density at radius 2 is 1.80 bits per heavy atom. The molecule has 1 aromatic heterocycles. The summed E-state index contributed by atoms with van der Waals surface area (Å²) in [6.45, 7) is 0.312. The third kappa shape index (κ3) is 4.11. The lowest BCUT2D eigenvalue weighted by Gasteiger charge is -2.33. The van der Waals surface area contributed by atoms with Gasteiger partial charge in [0.2, 0.25) is 0 Å². The van der Waals surface area contributed by atoms with Crippen molar-refractivity contribution >= 4 is 10.2 Å². The van der Waals surface area contributed by atoms with Crippen LogP contribution in [0.3, 0.4) is 0 Å². The van der Waals surface area contributed by atoms with Crippen molar-refractivity contribution in [2.24, 2.45) is 0 Å². The predicted molar refractivity (Wildman–Crippen MR) is 98.6 cm³/mol. The van der Waals surface area contributed by atoms with Crippen molar-refractivity contribution in [2.45, 2.75) is 44.7 Å². The summed E-state index contributed by atoms with van der Waals surface area (Å²) in [5, 5.41) is 4.34. The molecule has 0 bridgehead atoms. The van der Waals surface area contributed by atoms with E-state index in [1.807, 2.05) is 36.5 Å². The van der Waals surface area contributed by atoms with Crippen molar-refractivity contribution in [1.29, 1.82) is 0 Å². The maximum absolute atomic E-state index is 12.8.